The van der Waals surface area contributed by atoms with Crippen LogP contribution in [-0.2, 0) is 17.9 Å². The van der Waals surface area contributed by atoms with Crippen LogP contribution in [0, 0.1) is 12.8 Å². The van der Waals surface area contributed by atoms with Gasteiger partial charge in [-0.3, -0.25) is 14.7 Å². The van der Waals surface area contributed by atoms with Gasteiger partial charge in [0.2, 0.25) is 5.91 Å². The summed E-state index contributed by atoms with van der Waals surface area (Å²) in [5, 5.41) is 0. The van der Waals surface area contributed by atoms with E-state index >= 15 is 0 Å². The van der Waals surface area contributed by atoms with Crippen LogP contribution in [0.25, 0.3) is 0 Å². The summed E-state index contributed by atoms with van der Waals surface area (Å²) >= 11 is 0. The van der Waals surface area contributed by atoms with Crippen LogP contribution < -0.4 is 4.74 Å². The van der Waals surface area contributed by atoms with Crippen LogP contribution >= 0.6 is 0 Å². The Kier molecular flexibility index (Phi) is 5.62. The molecule has 0 spiro atoms. The molecule has 1 aromatic heterocycles. The lowest BCUT2D eigenvalue weighted by Gasteiger charge is -2.37. The molecule has 2 aromatic rings. The molecular weight excluding hydrogens is 350 g/mol. The number of pyridine rings is 1. The van der Waals surface area contributed by atoms with Gasteiger partial charge in [0.15, 0.2) is 0 Å². The molecular formula is C23H29N3O2. The molecule has 0 bridgehead atoms. The maximum atomic E-state index is 12.2. The first kappa shape index (κ1) is 18.9. The number of carbonyl (C=O) groups is 1. The van der Waals surface area contributed by atoms with E-state index in [-0.39, 0.29) is 12.0 Å². The molecule has 0 N–H and O–H groups in total. The molecule has 0 aliphatic carbocycles. The molecule has 1 saturated heterocycles. The first-order valence-corrected chi connectivity index (χ1v) is 10.2. The number of rotatable bonds is 3. The van der Waals surface area contributed by atoms with Gasteiger partial charge in [0.25, 0.3) is 0 Å². The number of hydrogen-bond donors (Lipinski definition) is 0. The number of aryl methyl sites for hydroxylation is 1. The van der Waals surface area contributed by atoms with Crippen molar-refractivity contribution >= 4 is 5.91 Å². The number of ether oxygens (including phenoxy) is 1. The van der Waals surface area contributed by atoms with Crippen LogP contribution in [0.1, 0.15) is 36.5 Å². The van der Waals surface area contributed by atoms with E-state index in [4.69, 9.17) is 4.74 Å². The van der Waals surface area contributed by atoms with Crippen molar-refractivity contribution < 1.29 is 9.53 Å². The quantitative estimate of drug-likeness (QED) is 0.820. The van der Waals surface area contributed by atoms with E-state index in [0.717, 1.165) is 43.8 Å². The van der Waals surface area contributed by atoms with Gasteiger partial charge in [-0.1, -0.05) is 18.2 Å². The fraction of sp³-hybridized carbons (Fsp3) is 0.478. The number of aromatic nitrogens is 1. The Morgan fingerprint density at radius 2 is 2.11 bits per heavy atom. The van der Waals surface area contributed by atoms with Crippen molar-refractivity contribution in [3.63, 3.8) is 0 Å². The number of likely N-dealkylation sites (tertiary alicyclic amines) is 1. The minimum atomic E-state index is 0.0360. The van der Waals surface area contributed by atoms with E-state index in [1.807, 2.05) is 35.5 Å². The SMILES string of the molecule is CC(=O)N1Cc2ccccc2O[C@H]([C@@H]2CCCN(Cc3ccncc3C)C2)C1. The maximum absolute atomic E-state index is 12.2. The summed E-state index contributed by atoms with van der Waals surface area (Å²) in [6.45, 7) is 8.14. The molecule has 2 aliphatic heterocycles. The molecule has 3 heterocycles. The number of fused-ring (bicyclic) bond motifs is 1. The second-order valence-electron chi connectivity index (χ2n) is 8.10. The number of benzene rings is 1. The van der Waals surface area contributed by atoms with E-state index in [2.05, 4.69) is 28.9 Å². The third-order valence-corrected chi connectivity index (χ3v) is 6.06. The molecule has 2 aliphatic rings. The van der Waals surface area contributed by atoms with Crippen molar-refractivity contribution in [2.75, 3.05) is 19.6 Å². The monoisotopic (exact) mass is 379 g/mol. The summed E-state index contributed by atoms with van der Waals surface area (Å²) in [6.07, 6.45) is 6.15. The Morgan fingerprint density at radius 1 is 1.25 bits per heavy atom. The highest BCUT2D eigenvalue weighted by Crippen LogP contribution is 2.31. The Balaban J connectivity index is 1.50. The second-order valence-corrected chi connectivity index (χ2v) is 8.10. The Hall–Kier alpha value is -2.40. The summed E-state index contributed by atoms with van der Waals surface area (Å²) in [7, 11) is 0. The van der Waals surface area contributed by atoms with Crippen LogP contribution in [0.4, 0.5) is 0 Å². The van der Waals surface area contributed by atoms with Crippen molar-refractivity contribution in [2.24, 2.45) is 5.92 Å². The van der Waals surface area contributed by atoms with Crippen LogP contribution in [0.3, 0.4) is 0 Å². The highest BCUT2D eigenvalue weighted by atomic mass is 16.5. The molecule has 0 unspecified atom stereocenters. The molecule has 148 valence electrons. The summed E-state index contributed by atoms with van der Waals surface area (Å²) in [6, 6.07) is 10.2. The van der Waals surface area contributed by atoms with Crippen molar-refractivity contribution in [3.05, 3.63) is 59.4 Å². The summed E-state index contributed by atoms with van der Waals surface area (Å²) in [5.41, 5.74) is 3.68. The molecule has 28 heavy (non-hydrogen) atoms. The Morgan fingerprint density at radius 3 is 2.93 bits per heavy atom. The summed E-state index contributed by atoms with van der Waals surface area (Å²) in [4.78, 5) is 20.8. The van der Waals surface area contributed by atoms with Crippen molar-refractivity contribution in [2.45, 2.75) is 45.9 Å². The largest absolute Gasteiger partial charge is 0.488 e. The van der Waals surface area contributed by atoms with Gasteiger partial charge < -0.3 is 9.64 Å². The van der Waals surface area contributed by atoms with Gasteiger partial charge in [0.05, 0.1) is 6.54 Å². The molecule has 1 fully saturated rings. The summed E-state index contributed by atoms with van der Waals surface area (Å²) in [5.74, 6) is 1.47. The number of piperidine rings is 1. The van der Waals surface area contributed by atoms with Gasteiger partial charge in [0.1, 0.15) is 11.9 Å². The number of para-hydroxylation sites is 1. The molecule has 0 radical (unpaired) electrons. The van der Waals surface area contributed by atoms with Gasteiger partial charge in [-0.25, -0.2) is 0 Å². The van der Waals surface area contributed by atoms with Gasteiger partial charge in [-0.05, 0) is 49.6 Å². The smallest absolute Gasteiger partial charge is 0.219 e. The molecule has 1 aromatic carbocycles. The number of nitrogens with zero attached hydrogens (tertiary/aromatic N) is 3. The topological polar surface area (TPSA) is 45.7 Å². The normalized spacial score (nSPS) is 22.9. The first-order valence-electron chi connectivity index (χ1n) is 10.2. The van der Waals surface area contributed by atoms with E-state index in [0.29, 0.717) is 19.0 Å². The lowest BCUT2D eigenvalue weighted by atomic mass is 9.91. The van der Waals surface area contributed by atoms with Crippen LogP contribution in [0.2, 0.25) is 0 Å². The zero-order valence-corrected chi connectivity index (χ0v) is 16.8. The van der Waals surface area contributed by atoms with E-state index in [9.17, 15) is 4.79 Å². The maximum Gasteiger partial charge on any atom is 0.219 e. The minimum Gasteiger partial charge on any atom is -0.488 e. The lowest BCUT2D eigenvalue weighted by molar-refractivity contribution is -0.130. The molecule has 0 saturated carbocycles. The first-order chi connectivity index (χ1) is 13.6. The predicted molar refractivity (Wildman–Crippen MR) is 109 cm³/mol. The molecule has 5 heteroatoms. The van der Waals surface area contributed by atoms with Gasteiger partial charge in [0, 0.05) is 50.4 Å². The van der Waals surface area contributed by atoms with Crippen molar-refractivity contribution in [1.29, 1.82) is 0 Å². The highest BCUT2D eigenvalue weighted by molar-refractivity contribution is 5.73. The zero-order chi connectivity index (χ0) is 19.5. The Labute approximate surface area is 167 Å². The highest BCUT2D eigenvalue weighted by Gasteiger charge is 2.33. The van der Waals surface area contributed by atoms with E-state index in [1.54, 1.807) is 6.92 Å². The second kappa shape index (κ2) is 8.31. The van der Waals surface area contributed by atoms with Gasteiger partial charge in [-0.15, -0.1) is 0 Å². The molecule has 4 rings (SSSR count). The molecule has 2 atom stereocenters. The fourth-order valence-electron chi connectivity index (χ4n) is 4.38. The van der Waals surface area contributed by atoms with Crippen LogP contribution in [0.15, 0.2) is 42.7 Å². The van der Waals surface area contributed by atoms with E-state index < -0.39 is 0 Å². The molecule has 1 amide bonds. The van der Waals surface area contributed by atoms with Crippen LogP contribution in [0.5, 0.6) is 5.75 Å². The molecule has 5 nitrogen and oxygen atoms in total. The van der Waals surface area contributed by atoms with Crippen LogP contribution in [-0.4, -0.2) is 46.4 Å². The standard InChI is InChI=1S/C23H29N3O2/c1-17-12-24-10-9-19(17)13-25-11-5-7-20(14-25)23-16-26(18(2)27)15-21-6-3-4-8-22(21)28-23/h3-4,6,8-10,12,20,23H,5,7,11,13-16H2,1-2H3/t20-,23+/m1/s1. The summed E-state index contributed by atoms with van der Waals surface area (Å²) < 4.78 is 6.47. The number of amides is 1. The number of carbonyl (C=O) groups excluding carboxylic acids is 1. The van der Waals surface area contributed by atoms with E-state index in [1.165, 1.54) is 11.1 Å². The predicted octanol–water partition coefficient (Wildman–Crippen LogP) is 3.41. The van der Waals surface area contributed by atoms with Gasteiger partial charge in [-0.2, -0.15) is 0 Å². The lowest BCUT2D eigenvalue weighted by Crippen LogP contribution is -2.46. The zero-order valence-electron chi connectivity index (χ0n) is 16.8. The van der Waals surface area contributed by atoms with Gasteiger partial charge >= 0.3 is 0 Å². The minimum absolute atomic E-state index is 0.0360. The number of hydrogen-bond acceptors (Lipinski definition) is 4. The average molecular weight is 380 g/mol. The fourth-order valence-corrected chi connectivity index (χ4v) is 4.38. The Bertz CT molecular complexity index is 838. The average Bonchev–Trinajstić information content (AvgIpc) is 2.90. The third kappa shape index (κ3) is 4.20. The third-order valence-electron chi connectivity index (χ3n) is 6.06. The van der Waals surface area contributed by atoms with Crippen molar-refractivity contribution in [1.82, 2.24) is 14.8 Å². The van der Waals surface area contributed by atoms with Crippen molar-refractivity contribution in [3.8, 4) is 5.75 Å².